The van der Waals surface area contributed by atoms with Crippen LogP contribution in [-0.4, -0.2) is 41.8 Å². The second-order valence-corrected chi connectivity index (χ2v) is 3.73. The van der Waals surface area contributed by atoms with Crippen LogP contribution in [0.3, 0.4) is 0 Å². The summed E-state index contributed by atoms with van der Waals surface area (Å²) in [7, 11) is 1.60. The minimum atomic E-state index is -1.09. The van der Waals surface area contributed by atoms with E-state index in [9.17, 15) is 9.59 Å². The van der Waals surface area contributed by atoms with E-state index in [0.717, 1.165) is 0 Å². The number of para-hydroxylation sites is 1. The van der Waals surface area contributed by atoms with Gasteiger partial charge in [0.25, 0.3) is 0 Å². The number of ether oxygens (including phenoxy) is 1. The normalized spacial score (nSPS) is 18.2. The highest BCUT2D eigenvalue weighted by molar-refractivity contribution is 5.94. The molecule has 1 unspecified atom stereocenters. The number of hydrogen-bond acceptors (Lipinski definition) is 4. The van der Waals surface area contributed by atoms with E-state index in [1.807, 2.05) is 0 Å². The molecule has 1 aromatic rings. The van der Waals surface area contributed by atoms with Crippen molar-refractivity contribution in [1.29, 1.82) is 0 Å². The fourth-order valence-corrected chi connectivity index (χ4v) is 1.80. The summed E-state index contributed by atoms with van der Waals surface area (Å²) in [5, 5.41) is 18.0. The third-order valence-electron chi connectivity index (χ3n) is 2.74. The number of benzene rings is 1. The van der Waals surface area contributed by atoms with Crippen molar-refractivity contribution in [2.24, 2.45) is 0 Å². The highest BCUT2D eigenvalue weighted by Crippen LogP contribution is 2.35. The first kappa shape index (κ1) is 11.3. The van der Waals surface area contributed by atoms with Crippen molar-refractivity contribution >= 4 is 17.6 Å². The van der Waals surface area contributed by atoms with E-state index in [1.54, 1.807) is 19.2 Å². The number of aromatic carboxylic acids is 1. The summed E-state index contributed by atoms with van der Waals surface area (Å²) in [5.41, 5.74) is 0.515. The van der Waals surface area contributed by atoms with Gasteiger partial charge in [-0.25, -0.2) is 9.59 Å². The molecule has 17 heavy (non-hydrogen) atoms. The maximum absolute atomic E-state index is 11.0. The molecular weight excluding hydrogens is 226 g/mol. The fourth-order valence-electron chi connectivity index (χ4n) is 1.80. The predicted molar refractivity (Wildman–Crippen MR) is 58.7 cm³/mol. The second-order valence-electron chi connectivity index (χ2n) is 3.73. The number of fused-ring (bicyclic) bond motifs is 1. The van der Waals surface area contributed by atoms with Crippen molar-refractivity contribution in [2.75, 3.05) is 18.6 Å². The summed E-state index contributed by atoms with van der Waals surface area (Å²) in [6.07, 6.45) is 0. The number of carbonyl (C=O) groups is 2. The molecule has 0 radical (unpaired) electrons. The van der Waals surface area contributed by atoms with Crippen LogP contribution in [-0.2, 0) is 4.79 Å². The molecule has 0 aliphatic carbocycles. The van der Waals surface area contributed by atoms with Gasteiger partial charge < -0.3 is 19.8 Å². The van der Waals surface area contributed by atoms with Crippen LogP contribution in [0.15, 0.2) is 18.2 Å². The van der Waals surface area contributed by atoms with E-state index in [-0.39, 0.29) is 17.9 Å². The largest absolute Gasteiger partial charge is 0.488 e. The first-order chi connectivity index (χ1) is 8.02. The van der Waals surface area contributed by atoms with Gasteiger partial charge in [0.2, 0.25) is 0 Å². The van der Waals surface area contributed by atoms with Gasteiger partial charge in [0.1, 0.15) is 12.2 Å². The first-order valence-electron chi connectivity index (χ1n) is 4.97. The van der Waals surface area contributed by atoms with Crippen molar-refractivity contribution in [1.82, 2.24) is 0 Å². The minimum Gasteiger partial charge on any atom is -0.488 e. The summed E-state index contributed by atoms with van der Waals surface area (Å²) in [4.78, 5) is 23.4. The molecule has 1 aliphatic rings. The van der Waals surface area contributed by atoms with Gasteiger partial charge in [-0.05, 0) is 12.1 Å². The molecule has 0 bridgehead atoms. The third kappa shape index (κ3) is 1.77. The average Bonchev–Trinajstić information content (AvgIpc) is 2.28. The monoisotopic (exact) mass is 237 g/mol. The molecule has 2 rings (SSSR count). The lowest BCUT2D eigenvalue weighted by Crippen LogP contribution is -2.46. The fraction of sp³-hybridized carbons (Fsp3) is 0.273. The number of nitrogens with zero attached hydrogens (tertiary/aromatic N) is 1. The van der Waals surface area contributed by atoms with Crippen LogP contribution in [0, 0.1) is 0 Å². The van der Waals surface area contributed by atoms with Crippen LogP contribution in [0.1, 0.15) is 10.4 Å². The van der Waals surface area contributed by atoms with Gasteiger partial charge in [0.15, 0.2) is 11.8 Å². The summed E-state index contributed by atoms with van der Waals surface area (Å²) in [6, 6.07) is 3.82. The van der Waals surface area contributed by atoms with Crippen molar-refractivity contribution in [3.8, 4) is 5.75 Å². The van der Waals surface area contributed by atoms with Crippen LogP contribution in [0.2, 0.25) is 0 Å². The summed E-state index contributed by atoms with van der Waals surface area (Å²) in [6.45, 7) is -0.0663. The Bertz CT molecular complexity index is 485. The Kier molecular flexibility index (Phi) is 2.63. The number of likely N-dealkylation sites (N-methyl/N-ethyl adjacent to an activating group) is 1. The maximum atomic E-state index is 11.0. The topological polar surface area (TPSA) is 87.1 Å². The van der Waals surface area contributed by atoms with Gasteiger partial charge in [-0.2, -0.15) is 0 Å². The van der Waals surface area contributed by atoms with Gasteiger partial charge in [0.05, 0.1) is 5.69 Å². The van der Waals surface area contributed by atoms with E-state index in [4.69, 9.17) is 14.9 Å². The van der Waals surface area contributed by atoms with Crippen LogP contribution in [0.4, 0.5) is 5.69 Å². The number of rotatable bonds is 2. The van der Waals surface area contributed by atoms with Crippen LogP contribution < -0.4 is 9.64 Å². The molecule has 0 aromatic heterocycles. The standard InChI is InChI=1S/C11H11NO5/c1-12-7-4-2-3-6(10(13)14)9(7)17-5-8(12)11(15)16/h2-4,8H,5H2,1H3,(H,13,14)(H,15,16). The smallest absolute Gasteiger partial charge is 0.339 e. The van der Waals surface area contributed by atoms with Gasteiger partial charge in [0, 0.05) is 7.05 Å². The Morgan fingerprint density at radius 2 is 2.12 bits per heavy atom. The molecule has 6 nitrogen and oxygen atoms in total. The van der Waals surface area contributed by atoms with Gasteiger partial charge in [-0.15, -0.1) is 0 Å². The molecule has 0 amide bonds. The molecule has 6 heteroatoms. The SMILES string of the molecule is CN1c2cccc(C(=O)O)c2OCC1C(=O)O. The van der Waals surface area contributed by atoms with E-state index in [2.05, 4.69) is 0 Å². The molecule has 90 valence electrons. The van der Waals surface area contributed by atoms with E-state index in [1.165, 1.54) is 11.0 Å². The maximum Gasteiger partial charge on any atom is 0.339 e. The Hall–Kier alpha value is -2.24. The number of carboxylic acids is 2. The molecule has 1 aliphatic heterocycles. The van der Waals surface area contributed by atoms with Gasteiger partial charge >= 0.3 is 11.9 Å². The number of aliphatic carboxylic acids is 1. The van der Waals surface area contributed by atoms with Gasteiger partial charge in [-0.3, -0.25) is 0 Å². The Labute approximate surface area is 97.0 Å². The number of carboxylic acid groups (broad SMARTS) is 2. The molecule has 0 spiro atoms. The molecule has 0 saturated heterocycles. The highest BCUT2D eigenvalue weighted by Gasteiger charge is 2.32. The number of hydrogen-bond donors (Lipinski definition) is 2. The summed E-state index contributed by atoms with van der Waals surface area (Å²) < 4.78 is 5.26. The Morgan fingerprint density at radius 3 is 2.71 bits per heavy atom. The van der Waals surface area contributed by atoms with E-state index < -0.39 is 18.0 Å². The van der Waals surface area contributed by atoms with Crippen molar-refractivity contribution in [3.05, 3.63) is 23.8 Å². The zero-order valence-corrected chi connectivity index (χ0v) is 9.08. The molecule has 2 N–H and O–H groups in total. The lowest BCUT2D eigenvalue weighted by Gasteiger charge is -2.33. The van der Waals surface area contributed by atoms with Crippen LogP contribution >= 0.6 is 0 Å². The molecule has 1 atom stereocenters. The quantitative estimate of drug-likeness (QED) is 0.786. The van der Waals surface area contributed by atoms with E-state index >= 15 is 0 Å². The summed E-state index contributed by atoms with van der Waals surface area (Å²) >= 11 is 0. The highest BCUT2D eigenvalue weighted by atomic mass is 16.5. The average molecular weight is 237 g/mol. The Morgan fingerprint density at radius 1 is 1.41 bits per heavy atom. The second kappa shape index (κ2) is 3.97. The van der Waals surface area contributed by atoms with Crippen molar-refractivity contribution in [2.45, 2.75) is 6.04 Å². The van der Waals surface area contributed by atoms with Crippen LogP contribution in [0.5, 0.6) is 5.75 Å². The number of anilines is 1. The molecule has 0 saturated carbocycles. The van der Waals surface area contributed by atoms with Crippen molar-refractivity contribution < 1.29 is 24.5 Å². The minimum absolute atomic E-state index is 0.0400. The lowest BCUT2D eigenvalue weighted by molar-refractivity contribution is -0.139. The zero-order chi connectivity index (χ0) is 12.6. The third-order valence-corrected chi connectivity index (χ3v) is 2.74. The molecule has 1 heterocycles. The first-order valence-corrected chi connectivity index (χ1v) is 4.97. The predicted octanol–water partition coefficient (Wildman–Crippen LogP) is 0.667. The lowest BCUT2D eigenvalue weighted by atomic mass is 10.1. The van der Waals surface area contributed by atoms with E-state index in [0.29, 0.717) is 5.69 Å². The van der Waals surface area contributed by atoms with Crippen LogP contribution in [0.25, 0.3) is 0 Å². The molecular formula is C11H11NO5. The Balaban J connectivity index is 2.48. The zero-order valence-electron chi connectivity index (χ0n) is 9.08. The molecule has 1 aromatic carbocycles. The molecule has 0 fully saturated rings. The summed E-state index contributed by atoms with van der Waals surface area (Å²) in [5.74, 6) is -1.87. The van der Waals surface area contributed by atoms with Gasteiger partial charge in [-0.1, -0.05) is 6.07 Å². The van der Waals surface area contributed by atoms with Crippen molar-refractivity contribution in [3.63, 3.8) is 0 Å².